The molecule has 15 heavy (non-hydrogen) atoms. The number of anilines is 1. The summed E-state index contributed by atoms with van der Waals surface area (Å²) < 4.78 is 0. The zero-order valence-electron chi connectivity index (χ0n) is 8.61. The number of hydrogen-bond donors (Lipinski definition) is 1. The van der Waals surface area contributed by atoms with Gasteiger partial charge in [-0.05, 0) is 31.2 Å². The Labute approximate surface area is 99.0 Å². The maximum absolute atomic E-state index is 5.68. The molecule has 2 atom stereocenters. The lowest BCUT2D eigenvalue weighted by Crippen LogP contribution is -2.26. The van der Waals surface area contributed by atoms with Crippen LogP contribution in [0.3, 0.4) is 0 Å². The van der Waals surface area contributed by atoms with Crippen LogP contribution in [0, 0.1) is 0 Å². The molecule has 0 aromatic carbocycles. The lowest BCUT2D eigenvalue weighted by molar-refractivity contribution is 0.759. The van der Waals surface area contributed by atoms with Crippen LogP contribution in [0.2, 0.25) is 5.15 Å². The molecule has 1 saturated carbocycles. The fraction of sp³-hybridized carbons (Fsp3) is 0.600. The average molecular weight is 244 g/mol. The van der Waals surface area contributed by atoms with E-state index in [0.717, 1.165) is 5.82 Å². The highest BCUT2D eigenvalue weighted by Crippen LogP contribution is 2.30. The van der Waals surface area contributed by atoms with Gasteiger partial charge < -0.3 is 5.32 Å². The molecule has 1 heterocycles. The minimum atomic E-state index is 0.438. The lowest BCUT2D eigenvalue weighted by atomic mass is 10.2. The molecule has 1 fully saturated rings. The Balaban J connectivity index is 1.99. The summed E-state index contributed by atoms with van der Waals surface area (Å²) in [4.78, 5) is 0. The third kappa shape index (κ3) is 2.75. The largest absolute Gasteiger partial charge is 0.365 e. The fourth-order valence-corrected chi connectivity index (χ4v) is 2.99. The van der Waals surface area contributed by atoms with Crippen molar-refractivity contribution < 1.29 is 0 Å². The van der Waals surface area contributed by atoms with Gasteiger partial charge in [-0.1, -0.05) is 18.0 Å². The summed E-state index contributed by atoms with van der Waals surface area (Å²) in [5, 5.41) is 12.4. The molecule has 2 rings (SSSR count). The van der Waals surface area contributed by atoms with Crippen molar-refractivity contribution in [1.82, 2.24) is 10.2 Å². The van der Waals surface area contributed by atoms with Crippen LogP contribution in [0.5, 0.6) is 0 Å². The number of hydrogen-bond acceptors (Lipinski definition) is 4. The van der Waals surface area contributed by atoms with Gasteiger partial charge in [0.2, 0.25) is 0 Å². The first-order valence-corrected chi connectivity index (χ1v) is 6.75. The number of nitrogens with zero attached hydrogens (tertiary/aromatic N) is 2. The first-order chi connectivity index (χ1) is 7.29. The summed E-state index contributed by atoms with van der Waals surface area (Å²) in [5.74, 6) is 0.824. The van der Waals surface area contributed by atoms with E-state index in [1.165, 1.54) is 19.3 Å². The van der Waals surface area contributed by atoms with Crippen LogP contribution in [-0.2, 0) is 0 Å². The first kappa shape index (κ1) is 11.0. The summed E-state index contributed by atoms with van der Waals surface area (Å²) in [5.41, 5.74) is 0. The topological polar surface area (TPSA) is 37.8 Å². The minimum absolute atomic E-state index is 0.438. The van der Waals surface area contributed by atoms with Gasteiger partial charge in [0, 0.05) is 11.3 Å². The van der Waals surface area contributed by atoms with E-state index in [4.69, 9.17) is 11.6 Å². The van der Waals surface area contributed by atoms with E-state index < -0.39 is 0 Å². The van der Waals surface area contributed by atoms with Crippen LogP contribution >= 0.6 is 23.4 Å². The monoisotopic (exact) mass is 243 g/mol. The molecule has 5 heteroatoms. The molecule has 0 amide bonds. The Morgan fingerprint density at radius 2 is 2.27 bits per heavy atom. The van der Waals surface area contributed by atoms with Gasteiger partial charge >= 0.3 is 0 Å². The Morgan fingerprint density at radius 3 is 2.93 bits per heavy atom. The predicted molar refractivity (Wildman–Crippen MR) is 65.6 cm³/mol. The van der Waals surface area contributed by atoms with Crippen molar-refractivity contribution in [2.24, 2.45) is 0 Å². The van der Waals surface area contributed by atoms with Crippen molar-refractivity contribution in [3.8, 4) is 0 Å². The van der Waals surface area contributed by atoms with Gasteiger partial charge in [-0.15, -0.1) is 10.2 Å². The van der Waals surface area contributed by atoms with E-state index in [1.807, 2.05) is 17.8 Å². The minimum Gasteiger partial charge on any atom is -0.365 e. The fourth-order valence-electron chi connectivity index (χ4n) is 1.96. The van der Waals surface area contributed by atoms with Crippen molar-refractivity contribution in [1.29, 1.82) is 0 Å². The van der Waals surface area contributed by atoms with Gasteiger partial charge in [-0.3, -0.25) is 0 Å². The van der Waals surface area contributed by atoms with Crippen molar-refractivity contribution in [3.05, 3.63) is 17.3 Å². The zero-order valence-corrected chi connectivity index (χ0v) is 10.2. The summed E-state index contributed by atoms with van der Waals surface area (Å²) in [6.45, 7) is 0. The average Bonchev–Trinajstić information content (AvgIpc) is 2.69. The second-order valence-corrected chi connectivity index (χ2v) is 5.16. The Morgan fingerprint density at radius 1 is 1.40 bits per heavy atom. The van der Waals surface area contributed by atoms with Crippen LogP contribution in [0.15, 0.2) is 12.1 Å². The number of thioether (sulfide) groups is 1. The van der Waals surface area contributed by atoms with E-state index in [-0.39, 0.29) is 0 Å². The molecular formula is C10H14ClN3S. The number of aromatic nitrogens is 2. The number of halogens is 1. The van der Waals surface area contributed by atoms with Crippen LogP contribution < -0.4 is 5.32 Å². The Bertz CT molecular complexity index is 317. The predicted octanol–water partition coefficient (Wildman–Crippen LogP) is 2.83. The van der Waals surface area contributed by atoms with E-state index in [1.54, 1.807) is 6.07 Å². The smallest absolute Gasteiger partial charge is 0.151 e. The molecule has 1 aromatic heterocycles. The highest BCUT2D eigenvalue weighted by molar-refractivity contribution is 7.99. The van der Waals surface area contributed by atoms with Crippen LogP contribution in [0.1, 0.15) is 19.3 Å². The van der Waals surface area contributed by atoms with E-state index in [2.05, 4.69) is 21.8 Å². The maximum atomic E-state index is 5.68. The molecule has 1 aliphatic rings. The molecule has 3 nitrogen and oxygen atoms in total. The third-order valence-electron chi connectivity index (χ3n) is 2.72. The summed E-state index contributed by atoms with van der Waals surface area (Å²) in [7, 11) is 0. The van der Waals surface area contributed by atoms with E-state index in [0.29, 0.717) is 16.4 Å². The third-order valence-corrected chi connectivity index (χ3v) is 4.09. The highest BCUT2D eigenvalue weighted by atomic mass is 35.5. The van der Waals surface area contributed by atoms with Crippen molar-refractivity contribution in [2.75, 3.05) is 11.6 Å². The Hall–Kier alpha value is -0.480. The zero-order chi connectivity index (χ0) is 10.7. The Kier molecular flexibility index (Phi) is 3.70. The van der Waals surface area contributed by atoms with Crippen molar-refractivity contribution >= 4 is 29.2 Å². The van der Waals surface area contributed by atoms with E-state index >= 15 is 0 Å². The molecule has 2 unspecified atom stereocenters. The van der Waals surface area contributed by atoms with Gasteiger partial charge in [0.05, 0.1) is 0 Å². The molecule has 0 saturated heterocycles. The molecule has 0 bridgehead atoms. The van der Waals surface area contributed by atoms with Gasteiger partial charge in [0.25, 0.3) is 0 Å². The second kappa shape index (κ2) is 5.03. The van der Waals surface area contributed by atoms with Gasteiger partial charge in [0.1, 0.15) is 5.82 Å². The highest BCUT2D eigenvalue weighted by Gasteiger charge is 2.26. The van der Waals surface area contributed by atoms with Crippen LogP contribution in [0.4, 0.5) is 5.82 Å². The lowest BCUT2D eigenvalue weighted by Gasteiger charge is -2.19. The summed E-state index contributed by atoms with van der Waals surface area (Å²) >= 11 is 7.60. The quantitative estimate of drug-likeness (QED) is 0.886. The molecule has 1 N–H and O–H groups in total. The molecule has 82 valence electrons. The van der Waals surface area contributed by atoms with Gasteiger partial charge in [0.15, 0.2) is 5.15 Å². The van der Waals surface area contributed by atoms with Crippen molar-refractivity contribution in [3.63, 3.8) is 0 Å². The summed E-state index contributed by atoms with van der Waals surface area (Å²) in [6.07, 6.45) is 5.97. The van der Waals surface area contributed by atoms with E-state index in [9.17, 15) is 0 Å². The number of nitrogens with one attached hydrogen (secondary N) is 1. The van der Waals surface area contributed by atoms with Gasteiger partial charge in [-0.2, -0.15) is 11.8 Å². The molecule has 0 spiro atoms. The molecule has 1 aromatic rings. The van der Waals surface area contributed by atoms with Crippen molar-refractivity contribution in [2.45, 2.75) is 30.6 Å². The van der Waals surface area contributed by atoms with Crippen LogP contribution in [-0.4, -0.2) is 27.7 Å². The standard InChI is InChI=1S/C10H14ClN3S/c1-15-8-4-2-3-7(8)12-10-6-5-9(11)13-14-10/h5-8H,2-4H2,1H3,(H,12,14). The molecular weight excluding hydrogens is 230 g/mol. The van der Waals surface area contributed by atoms with Crippen LogP contribution in [0.25, 0.3) is 0 Å². The molecule has 0 aliphatic heterocycles. The molecule has 1 aliphatic carbocycles. The maximum Gasteiger partial charge on any atom is 0.151 e. The summed E-state index contributed by atoms with van der Waals surface area (Å²) in [6, 6.07) is 4.17. The van der Waals surface area contributed by atoms with Gasteiger partial charge in [-0.25, -0.2) is 0 Å². The molecule has 0 radical (unpaired) electrons. The number of rotatable bonds is 3. The first-order valence-electron chi connectivity index (χ1n) is 5.08. The second-order valence-electron chi connectivity index (χ2n) is 3.70. The normalized spacial score (nSPS) is 25.5. The SMILES string of the molecule is CSC1CCCC1Nc1ccc(Cl)nn1.